The van der Waals surface area contributed by atoms with Gasteiger partial charge in [-0.25, -0.2) is 4.79 Å². The first kappa shape index (κ1) is 14.0. The Morgan fingerprint density at radius 1 is 1.29 bits per heavy atom. The summed E-state index contributed by atoms with van der Waals surface area (Å²) in [6, 6.07) is -0.695. The predicted octanol–water partition coefficient (Wildman–Crippen LogP) is 0.873. The second kappa shape index (κ2) is 4.64. The minimum atomic E-state index is -1.10. The lowest BCUT2D eigenvalue weighted by Crippen LogP contribution is -2.59. The Balaban J connectivity index is 2.76. The normalized spacial score (nSPS) is 20.9. The smallest absolute Gasteiger partial charge is 0.329 e. The number of carboxylic acids is 1. The molecule has 1 fully saturated rings. The van der Waals surface area contributed by atoms with Crippen molar-refractivity contribution in [3.8, 4) is 0 Å². The van der Waals surface area contributed by atoms with Crippen LogP contribution in [0.3, 0.4) is 0 Å². The molecule has 5 nitrogen and oxygen atoms in total. The van der Waals surface area contributed by atoms with E-state index in [0.29, 0.717) is 12.8 Å². The van der Waals surface area contributed by atoms with Crippen molar-refractivity contribution in [3.05, 3.63) is 0 Å². The first-order valence-corrected chi connectivity index (χ1v) is 6.00. The Labute approximate surface area is 102 Å². The highest BCUT2D eigenvalue weighted by atomic mass is 16.4. The fourth-order valence-electron chi connectivity index (χ4n) is 2.08. The largest absolute Gasteiger partial charge is 0.480 e. The summed E-state index contributed by atoms with van der Waals surface area (Å²) in [7, 11) is 0. The van der Waals surface area contributed by atoms with Gasteiger partial charge in [-0.1, -0.05) is 33.6 Å². The van der Waals surface area contributed by atoms with Crippen molar-refractivity contribution in [3.63, 3.8) is 0 Å². The van der Waals surface area contributed by atoms with E-state index < -0.39 is 17.6 Å². The highest BCUT2D eigenvalue weighted by molar-refractivity contribution is 5.90. The monoisotopic (exact) mass is 242 g/mol. The van der Waals surface area contributed by atoms with Crippen molar-refractivity contribution in [1.82, 2.24) is 5.32 Å². The third-order valence-corrected chi connectivity index (χ3v) is 3.44. The van der Waals surface area contributed by atoms with Gasteiger partial charge in [0.15, 0.2) is 0 Å². The predicted molar refractivity (Wildman–Crippen MR) is 64.4 cm³/mol. The molecule has 0 aromatic rings. The summed E-state index contributed by atoms with van der Waals surface area (Å²) >= 11 is 0. The number of hydrogen-bond acceptors (Lipinski definition) is 3. The molecule has 1 rings (SSSR count). The molecule has 0 radical (unpaired) electrons. The van der Waals surface area contributed by atoms with Crippen LogP contribution in [0.2, 0.25) is 0 Å². The lowest BCUT2D eigenvalue weighted by molar-refractivity contribution is -0.148. The van der Waals surface area contributed by atoms with Crippen LogP contribution >= 0.6 is 0 Å². The van der Waals surface area contributed by atoms with E-state index in [1.807, 2.05) is 20.8 Å². The van der Waals surface area contributed by atoms with Crippen LogP contribution in [0.15, 0.2) is 0 Å². The number of aliphatic carboxylic acids is 1. The molecule has 0 saturated heterocycles. The minimum absolute atomic E-state index is 0.373. The van der Waals surface area contributed by atoms with Crippen molar-refractivity contribution in [2.75, 3.05) is 0 Å². The van der Waals surface area contributed by atoms with Crippen LogP contribution in [0, 0.1) is 5.41 Å². The molecule has 0 aromatic heterocycles. The van der Waals surface area contributed by atoms with Gasteiger partial charge in [0.25, 0.3) is 0 Å². The number of rotatable bonds is 3. The summed E-state index contributed by atoms with van der Waals surface area (Å²) < 4.78 is 0. The molecule has 5 heteroatoms. The van der Waals surface area contributed by atoms with Crippen LogP contribution in [-0.2, 0) is 9.59 Å². The van der Waals surface area contributed by atoms with E-state index in [-0.39, 0.29) is 11.3 Å². The first-order chi connectivity index (χ1) is 7.69. The number of nitrogens with two attached hydrogens (primary N) is 1. The number of nitrogens with one attached hydrogen (secondary N) is 1. The summed E-state index contributed by atoms with van der Waals surface area (Å²) in [6.07, 6.45) is 2.64. The van der Waals surface area contributed by atoms with Gasteiger partial charge in [0.2, 0.25) is 5.91 Å². The molecule has 0 bridgehead atoms. The molecular formula is C12H22N2O3. The van der Waals surface area contributed by atoms with E-state index in [4.69, 9.17) is 5.73 Å². The average Bonchev–Trinajstić information content (AvgIpc) is 2.64. The van der Waals surface area contributed by atoms with Crippen molar-refractivity contribution in [1.29, 1.82) is 0 Å². The van der Waals surface area contributed by atoms with Gasteiger partial charge in [-0.05, 0) is 18.3 Å². The quantitative estimate of drug-likeness (QED) is 0.684. The molecule has 0 unspecified atom stereocenters. The Morgan fingerprint density at radius 3 is 2.12 bits per heavy atom. The zero-order valence-electron chi connectivity index (χ0n) is 10.7. The third kappa shape index (κ3) is 2.97. The zero-order chi connectivity index (χ0) is 13.3. The third-order valence-electron chi connectivity index (χ3n) is 3.44. The van der Waals surface area contributed by atoms with Gasteiger partial charge in [-0.15, -0.1) is 0 Å². The number of carbonyl (C=O) groups excluding carboxylic acids is 1. The highest BCUT2D eigenvalue weighted by Gasteiger charge is 2.44. The van der Waals surface area contributed by atoms with Gasteiger partial charge in [0.1, 0.15) is 5.54 Å². The highest BCUT2D eigenvalue weighted by Crippen LogP contribution is 2.30. The van der Waals surface area contributed by atoms with Crippen molar-refractivity contribution in [2.45, 2.75) is 58.0 Å². The zero-order valence-corrected chi connectivity index (χ0v) is 10.7. The second-order valence-electron chi connectivity index (χ2n) is 5.93. The maximum absolute atomic E-state index is 12.0. The Morgan fingerprint density at radius 2 is 1.76 bits per heavy atom. The van der Waals surface area contributed by atoms with Crippen molar-refractivity contribution < 1.29 is 14.7 Å². The van der Waals surface area contributed by atoms with Crippen molar-refractivity contribution >= 4 is 11.9 Å². The summed E-state index contributed by atoms with van der Waals surface area (Å²) in [6.45, 7) is 5.58. The average molecular weight is 242 g/mol. The summed E-state index contributed by atoms with van der Waals surface area (Å²) in [4.78, 5) is 23.2. The fourth-order valence-corrected chi connectivity index (χ4v) is 2.08. The summed E-state index contributed by atoms with van der Waals surface area (Å²) in [5, 5.41) is 11.9. The second-order valence-corrected chi connectivity index (χ2v) is 5.93. The van der Waals surface area contributed by atoms with Gasteiger partial charge < -0.3 is 16.2 Å². The SMILES string of the molecule is CC(C)(C)[C@H](N)C(=O)NC1(C(=O)O)CCCC1. The topological polar surface area (TPSA) is 92.4 Å². The van der Waals surface area contributed by atoms with Gasteiger partial charge in [0.05, 0.1) is 6.04 Å². The van der Waals surface area contributed by atoms with Crippen LogP contribution in [-0.4, -0.2) is 28.6 Å². The van der Waals surface area contributed by atoms with Gasteiger partial charge >= 0.3 is 5.97 Å². The maximum Gasteiger partial charge on any atom is 0.329 e. The molecule has 1 aliphatic carbocycles. The Bertz CT molecular complexity index is 314. The van der Waals surface area contributed by atoms with Crippen molar-refractivity contribution in [2.24, 2.45) is 11.1 Å². The van der Waals surface area contributed by atoms with E-state index >= 15 is 0 Å². The van der Waals surface area contributed by atoms with Gasteiger partial charge in [-0.2, -0.15) is 0 Å². The van der Waals surface area contributed by atoms with Gasteiger partial charge in [-0.3, -0.25) is 4.79 Å². The molecule has 1 atom stereocenters. The van der Waals surface area contributed by atoms with Crippen LogP contribution in [0.4, 0.5) is 0 Å². The van der Waals surface area contributed by atoms with Crippen LogP contribution in [0.25, 0.3) is 0 Å². The molecule has 98 valence electrons. The Hall–Kier alpha value is -1.10. The summed E-state index contributed by atoms with van der Waals surface area (Å²) in [5.74, 6) is -1.33. The van der Waals surface area contributed by atoms with E-state index in [9.17, 15) is 14.7 Å². The molecule has 0 spiro atoms. The van der Waals surface area contributed by atoms with Crippen LogP contribution in [0.5, 0.6) is 0 Å². The van der Waals surface area contributed by atoms with Crippen LogP contribution < -0.4 is 11.1 Å². The molecule has 4 N–H and O–H groups in total. The van der Waals surface area contributed by atoms with Gasteiger partial charge in [0, 0.05) is 0 Å². The number of carbonyl (C=O) groups is 2. The molecular weight excluding hydrogens is 220 g/mol. The molecule has 0 aliphatic heterocycles. The van der Waals surface area contributed by atoms with E-state index in [1.165, 1.54) is 0 Å². The molecule has 1 amide bonds. The Kier molecular flexibility index (Phi) is 3.81. The van der Waals surface area contributed by atoms with E-state index in [2.05, 4.69) is 5.32 Å². The lowest BCUT2D eigenvalue weighted by atomic mass is 9.86. The number of carboxylic acid groups (broad SMARTS) is 1. The first-order valence-electron chi connectivity index (χ1n) is 6.00. The molecule has 1 aliphatic rings. The maximum atomic E-state index is 12.0. The van der Waals surface area contributed by atoms with E-state index in [0.717, 1.165) is 12.8 Å². The fraction of sp³-hybridized carbons (Fsp3) is 0.833. The molecule has 0 aromatic carbocycles. The standard InChI is InChI=1S/C12H22N2O3/c1-11(2,3)8(13)9(15)14-12(10(16)17)6-4-5-7-12/h8H,4-7,13H2,1-3H3,(H,14,15)(H,16,17)/t8-/m1/s1. The molecule has 1 saturated carbocycles. The number of amides is 1. The lowest BCUT2D eigenvalue weighted by Gasteiger charge is -2.31. The molecule has 0 heterocycles. The minimum Gasteiger partial charge on any atom is -0.480 e. The van der Waals surface area contributed by atoms with E-state index in [1.54, 1.807) is 0 Å². The van der Waals surface area contributed by atoms with Crippen LogP contribution in [0.1, 0.15) is 46.5 Å². The molecule has 17 heavy (non-hydrogen) atoms. The number of hydrogen-bond donors (Lipinski definition) is 3. The summed E-state index contributed by atoms with van der Waals surface area (Å²) in [5.41, 5.74) is 4.36.